The molecule has 3 N–H and O–H groups in total. The minimum atomic E-state index is -0.0282. The van der Waals surface area contributed by atoms with Gasteiger partial charge in [0.15, 0.2) is 0 Å². The van der Waals surface area contributed by atoms with Crippen LogP contribution in [0, 0.1) is 0 Å². The Hall–Kier alpha value is -1.20. The molecule has 0 radical (unpaired) electrons. The number of aromatic nitrogens is 1. The highest BCUT2D eigenvalue weighted by Gasteiger charge is 2.06. The van der Waals surface area contributed by atoms with Gasteiger partial charge in [-0.3, -0.25) is 4.79 Å². The van der Waals surface area contributed by atoms with Crippen molar-refractivity contribution in [2.45, 2.75) is 12.8 Å². The largest absolute Gasteiger partial charge is 0.352 e. The van der Waals surface area contributed by atoms with Gasteiger partial charge in [-0.2, -0.15) is 0 Å². The molecule has 0 atom stereocenters. The number of carbonyl (C=O) groups is 1. The molecule has 0 aliphatic rings. The molecule has 0 fully saturated rings. The van der Waals surface area contributed by atoms with E-state index in [1.165, 1.54) is 0 Å². The van der Waals surface area contributed by atoms with E-state index in [1.807, 2.05) is 5.38 Å². The number of hydrogen-bond donors (Lipinski definition) is 2. The first-order chi connectivity index (χ1) is 7.26. The van der Waals surface area contributed by atoms with Crippen molar-refractivity contribution >= 4 is 17.2 Å². The molecule has 1 aromatic heterocycles. The van der Waals surface area contributed by atoms with Crippen molar-refractivity contribution in [3.8, 4) is 0 Å². The Morgan fingerprint density at radius 3 is 3.20 bits per heavy atom. The lowest BCUT2D eigenvalue weighted by molar-refractivity contribution is -0.120. The maximum atomic E-state index is 11.3. The van der Waals surface area contributed by atoms with Crippen molar-refractivity contribution in [2.24, 2.45) is 5.73 Å². The number of amides is 1. The molecule has 0 spiro atoms. The average Bonchev–Trinajstić information content (AvgIpc) is 2.63. The number of carbonyl (C=O) groups excluding carboxylic acids is 1. The van der Waals surface area contributed by atoms with Crippen LogP contribution in [0.4, 0.5) is 0 Å². The Bertz CT molecular complexity index is 335. The number of nitrogens with zero attached hydrogens (tertiary/aromatic N) is 1. The van der Waals surface area contributed by atoms with Gasteiger partial charge >= 0.3 is 0 Å². The summed E-state index contributed by atoms with van der Waals surface area (Å²) in [6.45, 7) is 4.62. The van der Waals surface area contributed by atoms with Gasteiger partial charge in [0, 0.05) is 18.3 Å². The minimum Gasteiger partial charge on any atom is -0.352 e. The molecule has 1 heterocycles. The van der Waals surface area contributed by atoms with E-state index < -0.39 is 0 Å². The SMILES string of the molecule is C=CCNC(=O)Cc1csc(CCN)n1. The summed E-state index contributed by atoms with van der Waals surface area (Å²) in [4.78, 5) is 15.6. The van der Waals surface area contributed by atoms with Gasteiger partial charge in [0.25, 0.3) is 0 Å². The number of nitrogens with two attached hydrogens (primary N) is 1. The summed E-state index contributed by atoms with van der Waals surface area (Å²) < 4.78 is 0. The van der Waals surface area contributed by atoms with Crippen LogP contribution in [0.3, 0.4) is 0 Å². The van der Waals surface area contributed by atoms with Crippen LogP contribution in [-0.4, -0.2) is 24.0 Å². The Morgan fingerprint density at radius 2 is 2.53 bits per heavy atom. The monoisotopic (exact) mass is 225 g/mol. The van der Waals surface area contributed by atoms with Crippen molar-refractivity contribution in [1.29, 1.82) is 0 Å². The van der Waals surface area contributed by atoms with Crippen LogP contribution in [0.5, 0.6) is 0 Å². The minimum absolute atomic E-state index is 0.0282. The summed E-state index contributed by atoms with van der Waals surface area (Å²) >= 11 is 1.55. The zero-order chi connectivity index (χ0) is 11.1. The molecule has 4 nitrogen and oxygen atoms in total. The fourth-order valence-electron chi connectivity index (χ4n) is 1.08. The summed E-state index contributed by atoms with van der Waals surface area (Å²) in [5, 5.41) is 5.60. The highest BCUT2D eigenvalue weighted by molar-refractivity contribution is 7.09. The first-order valence-electron chi connectivity index (χ1n) is 4.77. The molecule has 82 valence electrons. The second-order valence-corrected chi connectivity index (χ2v) is 3.98. The Kier molecular flexibility index (Phi) is 5.00. The van der Waals surface area contributed by atoms with E-state index in [9.17, 15) is 4.79 Å². The van der Waals surface area contributed by atoms with Crippen molar-refractivity contribution in [1.82, 2.24) is 10.3 Å². The quantitative estimate of drug-likeness (QED) is 0.692. The fraction of sp³-hybridized carbons (Fsp3) is 0.400. The van der Waals surface area contributed by atoms with Gasteiger partial charge in [-0.05, 0) is 6.54 Å². The predicted molar refractivity (Wildman–Crippen MR) is 61.8 cm³/mol. The van der Waals surface area contributed by atoms with Crippen molar-refractivity contribution in [3.63, 3.8) is 0 Å². The molecule has 0 aromatic carbocycles. The lowest BCUT2D eigenvalue weighted by atomic mass is 10.3. The number of thiazole rings is 1. The first-order valence-corrected chi connectivity index (χ1v) is 5.65. The molecule has 1 aromatic rings. The molecule has 0 saturated carbocycles. The van der Waals surface area contributed by atoms with Crippen LogP contribution < -0.4 is 11.1 Å². The van der Waals surface area contributed by atoms with Crippen LogP contribution in [0.15, 0.2) is 18.0 Å². The van der Waals surface area contributed by atoms with Gasteiger partial charge in [0.05, 0.1) is 17.1 Å². The van der Waals surface area contributed by atoms with Crippen molar-refractivity contribution in [2.75, 3.05) is 13.1 Å². The van der Waals surface area contributed by atoms with Crippen LogP contribution in [0.1, 0.15) is 10.7 Å². The summed E-state index contributed by atoms with van der Waals surface area (Å²) in [6.07, 6.45) is 2.76. The summed E-state index contributed by atoms with van der Waals surface area (Å²) in [7, 11) is 0. The smallest absolute Gasteiger partial charge is 0.226 e. The van der Waals surface area contributed by atoms with Crippen molar-refractivity contribution in [3.05, 3.63) is 28.7 Å². The van der Waals surface area contributed by atoms with Gasteiger partial charge in [-0.1, -0.05) is 6.08 Å². The molecule has 0 aliphatic heterocycles. The molecule has 5 heteroatoms. The molecule has 0 bridgehead atoms. The van der Waals surface area contributed by atoms with Crippen LogP contribution in [0.25, 0.3) is 0 Å². The Labute approximate surface area is 93.2 Å². The standard InChI is InChI=1S/C10H15N3OS/c1-2-5-12-9(14)6-8-7-15-10(13-8)3-4-11/h2,7H,1,3-6,11H2,(H,12,14). The maximum absolute atomic E-state index is 11.3. The topological polar surface area (TPSA) is 68.0 Å². The number of rotatable bonds is 6. The van der Waals surface area contributed by atoms with E-state index in [4.69, 9.17) is 5.73 Å². The highest BCUT2D eigenvalue weighted by Crippen LogP contribution is 2.10. The molecular weight excluding hydrogens is 210 g/mol. The Morgan fingerprint density at radius 1 is 1.73 bits per heavy atom. The molecule has 0 aliphatic carbocycles. The molecule has 0 saturated heterocycles. The lowest BCUT2D eigenvalue weighted by Gasteiger charge is -1.98. The molecule has 15 heavy (non-hydrogen) atoms. The zero-order valence-electron chi connectivity index (χ0n) is 8.53. The fourth-order valence-corrected chi connectivity index (χ4v) is 1.90. The van der Waals surface area contributed by atoms with Gasteiger partial charge < -0.3 is 11.1 Å². The summed E-state index contributed by atoms with van der Waals surface area (Å²) in [5.41, 5.74) is 6.22. The molecular formula is C10H15N3OS. The van der Waals surface area contributed by atoms with Crippen LogP contribution in [-0.2, 0) is 17.6 Å². The second-order valence-electron chi connectivity index (χ2n) is 3.04. The lowest BCUT2D eigenvalue weighted by Crippen LogP contribution is -2.25. The third-order valence-electron chi connectivity index (χ3n) is 1.74. The van der Waals surface area contributed by atoms with E-state index in [0.29, 0.717) is 19.5 Å². The van der Waals surface area contributed by atoms with E-state index in [2.05, 4.69) is 16.9 Å². The summed E-state index contributed by atoms with van der Waals surface area (Å²) in [6, 6.07) is 0. The zero-order valence-corrected chi connectivity index (χ0v) is 9.35. The van der Waals surface area contributed by atoms with Gasteiger partial charge in [-0.15, -0.1) is 17.9 Å². The molecule has 0 unspecified atom stereocenters. The Balaban J connectivity index is 2.42. The maximum Gasteiger partial charge on any atom is 0.226 e. The first kappa shape index (κ1) is 11.9. The van der Waals surface area contributed by atoms with Crippen LogP contribution >= 0.6 is 11.3 Å². The van der Waals surface area contributed by atoms with E-state index in [0.717, 1.165) is 17.1 Å². The van der Waals surface area contributed by atoms with Gasteiger partial charge in [0.2, 0.25) is 5.91 Å². The third kappa shape index (κ3) is 4.22. The third-order valence-corrected chi connectivity index (χ3v) is 2.70. The highest BCUT2D eigenvalue weighted by atomic mass is 32.1. The van der Waals surface area contributed by atoms with E-state index in [-0.39, 0.29) is 5.91 Å². The van der Waals surface area contributed by atoms with Crippen molar-refractivity contribution < 1.29 is 4.79 Å². The number of hydrogen-bond acceptors (Lipinski definition) is 4. The van der Waals surface area contributed by atoms with Gasteiger partial charge in [-0.25, -0.2) is 4.98 Å². The van der Waals surface area contributed by atoms with Gasteiger partial charge in [0.1, 0.15) is 0 Å². The van der Waals surface area contributed by atoms with E-state index >= 15 is 0 Å². The molecule has 1 rings (SSSR count). The normalized spacial score (nSPS) is 9.93. The second kappa shape index (κ2) is 6.31. The van der Waals surface area contributed by atoms with Crippen LogP contribution in [0.2, 0.25) is 0 Å². The molecule has 1 amide bonds. The number of nitrogens with one attached hydrogen (secondary N) is 1. The predicted octanol–water partition coefficient (Wildman–Crippen LogP) is 0.489. The summed E-state index contributed by atoms with van der Waals surface area (Å²) in [5.74, 6) is -0.0282. The average molecular weight is 225 g/mol. The van der Waals surface area contributed by atoms with E-state index in [1.54, 1.807) is 17.4 Å².